The monoisotopic (exact) mass is 502 g/mol. The average molecular weight is 503 g/mol. The maximum atomic E-state index is 13.9. The summed E-state index contributed by atoms with van der Waals surface area (Å²) in [6, 6.07) is 16.9. The minimum atomic E-state index is -1.05. The van der Waals surface area contributed by atoms with E-state index >= 15 is 0 Å². The van der Waals surface area contributed by atoms with Crippen LogP contribution in [0.25, 0.3) is 10.9 Å². The van der Waals surface area contributed by atoms with Crippen LogP contribution in [-0.4, -0.2) is 47.9 Å². The van der Waals surface area contributed by atoms with Crippen LogP contribution in [0.5, 0.6) is 11.5 Å². The number of carboxylic acid groups (broad SMARTS) is 1. The van der Waals surface area contributed by atoms with Gasteiger partial charge < -0.3 is 19.5 Å². The zero-order valence-electron chi connectivity index (χ0n) is 20.8. The van der Waals surface area contributed by atoms with Crippen LogP contribution in [-0.2, 0) is 11.2 Å². The second kappa shape index (κ2) is 9.61. The number of likely N-dealkylation sites (N-methyl/N-ethyl adjacent to an activating group) is 1. The van der Waals surface area contributed by atoms with Crippen molar-refractivity contribution in [3.63, 3.8) is 0 Å². The summed E-state index contributed by atoms with van der Waals surface area (Å²) < 4.78 is 27.4. The van der Waals surface area contributed by atoms with Gasteiger partial charge in [0.2, 0.25) is 0 Å². The Bertz CT molecular complexity index is 1510. The predicted octanol–water partition coefficient (Wildman–Crippen LogP) is 4.99. The highest BCUT2D eigenvalue weighted by molar-refractivity contribution is 6.04. The molecule has 0 spiro atoms. The van der Waals surface area contributed by atoms with E-state index in [4.69, 9.17) is 9.47 Å². The number of halogens is 1. The molecule has 8 heteroatoms. The van der Waals surface area contributed by atoms with Crippen LogP contribution in [0.1, 0.15) is 27.2 Å². The minimum Gasteiger partial charge on any atom is -0.490 e. The van der Waals surface area contributed by atoms with E-state index < -0.39 is 11.8 Å². The molecule has 1 N–H and O–H groups in total. The Kier molecular flexibility index (Phi) is 6.33. The second-order valence-electron chi connectivity index (χ2n) is 9.36. The molecule has 0 aliphatic carbocycles. The lowest BCUT2D eigenvalue weighted by atomic mass is 10.1. The Hall–Kier alpha value is -4.33. The first-order chi connectivity index (χ1) is 17.7. The van der Waals surface area contributed by atoms with E-state index in [1.807, 2.05) is 26.1 Å². The van der Waals surface area contributed by atoms with Crippen molar-refractivity contribution in [2.45, 2.75) is 26.4 Å². The molecule has 1 aliphatic heterocycles. The van der Waals surface area contributed by atoms with Gasteiger partial charge in [-0.15, -0.1) is 0 Å². The van der Waals surface area contributed by atoms with Crippen molar-refractivity contribution in [3.05, 3.63) is 88.9 Å². The maximum absolute atomic E-state index is 13.9. The molecule has 0 saturated carbocycles. The largest absolute Gasteiger partial charge is 0.490 e. The number of aryl methyl sites for hydroxylation is 1. The van der Waals surface area contributed by atoms with Crippen LogP contribution in [0.4, 0.5) is 10.1 Å². The first-order valence-corrected chi connectivity index (χ1v) is 12.0. The average Bonchev–Trinajstić information content (AvgIpc) is 3.13. The normalized spacial score (nSPS) is 14.8. The van der Waals surface area contributed by atoms with Crippen LogP contribution in [0.3, 0.4) is 0 Å². The van der Waals surface area contributed by atoms with E-state index in [1.165, 1.54) is 28.3 Å². The topological polar surface area (TPSA) is 81.0 Å². The molecule has 1 aromatic heterocycles. The number of hydrogen-bond acceptors (Lipinski definition) is 5. The third-order valence-electron chi connectivity index (χ3n) is 6.66. The van der Waals surface area contributed by atoms with Crippen molar-refractivity contribution < 1.29 is 28.6 Å². The summed E-state index contributed by atoms with van der Waals surface area (Å²) in [4.78, 5) is 27.0. The smallest absolute Gasteiger partial charge is 0.307 e. The van der Waals surface area contributed by atoms with Gasteiger partial charge in [-0.3, -0.25) is 14.2 Å². The highest BCUT2D eigenvalue weighted by Gasteiger charge is 2.25. The highest BCUT2D eigenvalue weighted by Crippen LogP contribution is 2.33. The molecule has 0 bridgehead atoms. The van der Waals surface area contributed by atoms with Crippen molar-refractivity contribution >= 4 is 28.5 Å². The third kappa shape index (κ3) is 4.74. The Labute approximate surface area is 213 Å². The number of carboxylic acids is 1. The van der Waals surface area contributed by atoms with Gasteiger partial charge in [0, 0.05) is 23.7 Å². The van der Waals surface area contributed by atoms with Crippen LogP contribution in [0.2, 0.25) is 0 Å². The van der Waals surface area contributed by atoms with Crippen molar-refractivity contribution in [3.8, 4) is 11.5 Å². The van der Waals surface area contributed by atoms with Gasteiger partial charge in [0.1, 0.15) is 30.0 Å². The van der Waals surface area contributed by atoms with Gasteiger partial charge in [0.15, 0.2) is 0 Å². The zero-order chi connectivity index (χ0) is 26.3. The fourth-order valence-corrected chi connectivity index (χ4v) is 4.84. The fourth-order valence-electron chi connectivity index (χ4n) is 4.84. The van der Waals surface area contributed by atoms with Gasteiger partial charge in [-0.05, 0) is 79.6 Å². The number of aliphatic carboxylic acids is 1. The number of ether oxygens (including phenoxy) is 2. The quantitative estimate of drug-likeness (QED) is 0.400. The summed E-state index contributed by atoms with van der Waals surface area (Å²) in [6.45, 7) is 4.75. The van der Waals surface area contributed by atoms with Gasteiger partial charge >= 0.3 is 5.97 Å². The Morgan fingerprint density at radius 2 is 1.84 bits per heavy atom. The number of rotatable bonds is 6. The molecule has 4 aromatic rings. The summed E-state index contributed by atoms with van der Waals surface area (Å²) in [6.07, 6.45) is -0.454. The number of anilines is 1. The summed E-state index contributed by atoms with van der Waals surface area (Å²) in [5.74, 6) is -0.448. The zero-order valence-corrected chi connectivity index (χ0v) is 20.8. The van der Waals surface area contributed by atoms with Crippen molar-refractivity contribution in [2.24, 2.45) is 0 Å². The standard InChI is InChI=1S/C29H27FN2O5/c1-17-4-11-27-26(12-17)31(3)15-22(37-27)16-36-21-8-5-19(6-9-21)29(35)32-18(2)23(14-28(33)34)24-13-20(30)7-10-25(24)32/h4-13,22H,14-16H2,1-3H3,(H,33,34)/t22-/m0/s1. The lowest BCUT2D eigenvalue weighted by Crippen LogP contribution is -2.41. The molecule has 7 nitrogen and oxygen atoms in total. The number of fused-ring (bicyclic) bond motifs is 2. The molecule has 0 fully saturated rings. The van der Waals surface area contributed by atoms with Gasteiger partial charge in [0.05, 0.1) is 24.2 Å². The Morgan fingerprint density at radius 3 is 2.57 bits per heavy atom. The number of carbonyl (C=O) groups is 2. The van der Waals surface area contributed by atoms with E-state index in [0.717, 1.165) is 11.4 Å². The molecule has 0 unspecified atom stereocenters. The Balaban J connectivity index is 1.32. The van der Waals surface area contributed by atoms with E-state index in [0.29, 0.717) is 46.6 Å². The van der Waals surface area contributed by atoms with Crippen LogP contribution < -0.4 is 14.4 Å². The summed E-state index contributed by atoms with van der Waals surface area (Å²) in [5.41, 5.74) is 3.99. The predicted molar refractivity (Wildman–Crippen MR) is 139 cm³/mol. The second-order valence-corrected chi connectivity index (χ2v) is 9.36. The molecule has 37 heavy (non-hydrogen) atoms. The van der Waals surface area contributed by atoms with Crippen molar-refractivity contribution in [2.75, 3.05) is 25.1 Å². The first-order valence-electron chi connectivity index (χ1n) is 12.0. The van der Waals surface area contributed by atoms with Gasteiger partial charge in [-0.2, -0.15) is 0 Å². The first kappa shape index (κ1) is 24.4. The molecule has 1 aliphatic rings. The molecular formula is C29H27FN2O5. The van der Waals surface area contributed by atoms with Gasteiger partial charge in [0.25, 0.3) is 5.91 Å². The molecule has 5 rings (SSSR count). The van der Waals surface area contributed by atoms with E-state index in [-0.39, 0.29) is 18.4 Å². The molecular weight excluding hydrogens is 475 g/mol. The van der Waals surface area contributed by atoms with Crippen molar-refractivity contribution in [1.29, 1.82) is 0 Å². The molecule has 1 atom stereocenters. The molecule has 190 valence electrons. The lowest BCUT2D eigenvalue weighted by molar-refractivity contribution is -0.136. The van der Waals surface area contributed by atoms with Crippen LogP contribution in [0, 0.1) is 19.7 Å². The maximum Gasteiger partial charge on any atom is 0.307 e. The molecule has 0 saturated heterocycles. The highest BCUT2D eigenvalue weighted by atomic mass is 19.1. The minimum absolute atomic E-state index is 0.150. The molecule has 2 heterocycles. The van der Waals surface area contributed by atoms with Crippen LogP contribution in [0.15, 0.2) is 60.7 Å². The number of benzene rings is 3. The Morgan fingerprint density at radius 1 is 1.08 bits per heavy atom. The number of aromatic nitrogens is 1. The van der Waals surface area contributed by atoms with E-state index in [2.05, 4.69) is 11.0 Å². The summed E-state index contributed by atoms with van der Waals surface area (Å²) in [7, 11) is 2.03. The van der Waals surface area contributed by atoms with E-state index in [1.54, 1.807) is 31.2 Å². The van der Waals surface area contributed by atoms with Crippen molar-refractivity contribution in [1.82, 2.24) is 4.57 Å². The summed E-state index contributed by atoms with van der Waals surface area (Å²) in [5, 5.41) is 9.74. The molecule has 0 amide bonds. The van der Waals surface area contributed by atoms with Gasteiger partial charge in [-0.25, -0.2) is 4.39 Å². The third-order valence-corrected chi connectivity index (χ3v) is 6.66. The number of carbonyl (C=O) groups excluding carboxylic acids is 1. The molecule has 0 radical (unpaired) electrons. The fraction of sp³-hybridized carbons (Fsp3) is 0.241. The number of hydrogen-bond donors (Lipinski definition) is 1. The lowest BCUT2D eigenvalue weighted by Gasteiger charge is -2.33. The summed E-state index contributed by atoms with van der Waals surface area (Å²) >= 11 is 0. The van der Waals surface area contributed by atoms with Gasteiger partial charge in [-0.1, -0.05) is 6.07 Å². The van der Waals surface area contributed by atoms with Crippen LogP contribution >= 0.6 is 0 Å². The SMILES string of the molecule is Cc1ccc2c(c1)N(C)C[C@@H](COc1ccc(C(=O)n3c(C)c(CC(=O)O)c4cc(F)ccc43)cc1)O2. The van der Waals surface area contributed by atoms with E-state index in [9.17, 15) is 19.1 Å². The molecule has 3 aromatic carbocycles. The number of nitrogens with zero attached hydrogens (tertiary/aromatic N) is 2.